The Morgan fingerprint density at radius 2 is 2.20 bits per heavy atom. The molecule has 0 saturated carbocycles. The van der Waals surface area contributed by atoms with Gasteiger partial charge in [-0.1, -0.05) is 0 Å². The molecule has 1 heterocycles. The first-order valence-electron chi connectivity index (χ1n) is 4.43. The van der Waals surface area contributed by atoms with Crippen LogP contribution in [0.25, 0.3) is 10.9 Å². The Kier molecular flexibility index (Phi) is 2.22. The van der Waals surface area contributed by atoms with Crippen molar-refractivity contribution in [3.63, 3.8) is 0 Å². The van der Waals surface area contributed by atoms with Crippen LogP contribution in [0.4, 0.5) is 10.2 Å². The van der Waals surface area contributed by atoms with Gasteiger partial charge in [-0.05, 0) is 18.2 Å². The van der Waals surface area contributed by atoms with Gasteiger partial charge in [-0.25, -0.2) is 9.37 Å². The number of nitrogens with zero attached hydrogens (tertiary/aromatic N) is 2. The Balaban J connectivity index is 2.82. The Morgan fingerprint density at radius 1 is 1.40 bits per heavy atom. The Hall–Kier alpha value is -2.15. The number of aromatic nitrogens is 1. The SMILES string of the molecule is CNc1cc(C#N)c2ccc(F)cc2n1. The Labute approximate surface area is 86.2 Å². The van der Waals surface area contributed by atoms with Crippen molar-refractivity contribution in [2.75, 3.05) is 12.4 Å². The van der Waals surface area contributed by atoms with Gasteiger partial charge in [0.1, 0.15) is 11.6 Å². The first kappa shape index (κ1) is 9.41. The fourth-order valence-electron chi connectivity index (χ4n) is 1.42. The van der Waals surface area contributed by atoms with E-state index in [4.69, 9.17) is 5.26 Å². The van der Waals surface area contributed by atoms with Gasteiger partial charge in [0.2, 0.25) is 0 Å². The van der Waals surface area contributed by atoms with Crippen LogP contribution < -0.4 is 5.32 Å². The van der Waals surface area contributed by atoms with E-state index in [0.717, 1.165) is 0 Å². The van der Waals surface area contributed by atoms with Gasteiger partial charge in [0, 0.05) is 18.5 Å². The smallest absolute Gasteiger partial charge is 0.127 e. The number of rotatable bonds is 1. The number of pyridine rings is 1. The van der Waals surface area contributed by atoms with Crippen LogP contribution in [-0.2, 0) is 0 Å². The normalized spacial score (nSPS) is 9.93. The quantitative estimate of drug-likeness (QED) is 0.770. The van der Waals surface area contributed by atoms with E-state index < -0.39 is 0 Å². The largest absolute Gasteiger partial charge is 0.373 e. The van der Waals surface area contributed by atoms with Crippen molar-refractivity contribution in [2.45, 2.75) is 0 Å². The third kappa shape index (κ3) is 1.59. The number of benzene rings is 1. The van der Waals surface area contributed by atoms with Crippen molar-refractivity contribution >= 4 is 16.7 Å². The van der Waals surface area contributed by atoms with Crippen LogP contribution in [-0.4, -0.2) is 12.0 Å². The second-order valence-corrected chi connectivity index (χ2v) is 3.08. The number of nitrogens with one attached hydrogen (secondary N) is 1. The molecule has 2 rings (SSSR count). The third-order valence-electron chi connectivity index (χ3n) is 2.15. The zero-order valence-electron chi connectivity index (χ0n) is 8.08. The van der Waals surface area contributed by atoms with E-state index in [1.165, 1.54) is 12.1 Å². The lowest BCUT2D eigenvalue weighted by Crippen LogP contribution is -1.94. The van der Waals surface area contributed by atoms with Crippen LogP contribution in [0.15, 0.2) is 24.3 Å². The van der Waals surface area contributed by atoms with E-state index in [2.05, 4.69) is 16.4 Å². The summed E-state index contributed by atoms with van der Waals surface area (Å²) in [5, 5.41) is 12.4. The van der Waals surface area contributed by atoms with E-state index in [1.807, 2.05) is 0 Å². The molecule has 0 aliphatic rings. The second kappa shape index (κ2) is 3.54. The number of hydrogen-bond donors (Lipinski definition) is 1. The number of fused-ring (bicyclic) bond motifs is 1. The minimum absolute atomic E-state index is 0.354. The van der Waals surface area contributed by atoms with Gasteiger partial charge in [-0.2, -0.15) is 5.26 Å². The zero-order valence-corrected chi connectivity index (χ0v) is 8.08. The number of nitriles is 1. The van der Waals surface area contributed by atoms with E-state index in [0.29, 0.717) is 22.3 Å². The Morgan fingerprint density at radius 3 is 2.87 bits per heavy atom. The van der Waals surface area contributed by atoms with Crippen LogP contribution >= 0.6 is 0 Å². The second-order valence-electron chi connectivity index (χ2n) is 3.08. The molecule has 0 fully saturated rings. The maximum absolute atomic E-state index is 13.0. The summed E-state index contributed by atoms with van der Waals surface area (Å²) in [4.78, 5) is 4.16. The molecule has 0 bridgehead atoms. The third-order valence-corrected chi connectivity index (χ3v) is 2.15. The molecule has 2 aromatic rings. The number of anilines is 1. The first-order valence-corrected chi connectivity index (χ1v) is 4.43. The lowest BCUT2D eigenvalue weighted by Gasteiger charge is -2.04. The molecule has 0 aliphatic carbocycles. The average molecular weight is 201 g/mol. The highest BCUT2D eigenvalue weighted by Crippen LogP contribution is 2.20. The summed E-state index contributed by atoms with van der Waals surface area (Å²) in [6, 6.07) is 7.91. The van der Waals surface area contributed by atoms with E-state index in [-0.39, 0.29) is 5.82 Å². The molecule has 1 aromatic carbocycles. The summed E-state index contributed by atoms with van der Waals surface area (Å²) < 4.78 is 13.0. The summed E-state index contributed by atoms with van der Waals surface area (Å²) >= 11 is 0. The molecule has 3 nitrogen and oxygen atoms in total. The fourth-order valence-corrected chi connectivity index (χ4v) is 1.42. The fraction of sp³-hybridized carbons (Fsp3) is 0.0909. The zero-order chi connectivity index (χ0) is 10.8. The van der Waals surface area contributed by atoms with Gasteiger partial charge >= 0.3 is 0 Å². The van der Waals surface area contributed by atoms with E-state index in [9.17, 15) is 4.39 Å². The van der Waals surface area contributed by atoms with Crippen molar-refractivity contribution in [2.24, 2.45) is 0 Å². The molecule has 0 radical (unpaired) electrons. The van der Waals surface area contributed by atoms with Crippen LogP contribution in [0, 0.1) is 17.1 Å². The summed E-state index contributed by atoms with van der Waals surface area (Å²) in [7, 11) is 1.70. The molecular formula is C11H8FN3. The van der Waals surface area contributed by atoms with Gasteiger partial charge < -0.3 is 5.32 Å². The molecule has 4 heteroatoms. The van der Waals surface area contributed by atoms with Crippen molar-refractivity contribution in [1.29, 1.82) is 5.26 Å². The van der Waals surface area contributed by atoms with E-state index in [1.54, 1.807) is 19.2 Å². The van der Waals surface area contributed by atoms with Crippen molar-refractivity contribution < 1.29 is 4.39 Å². The molecule has 0 saturated heterocycles. The molecule has 0 atom stereocenters. The predicted octanol–water partition coefficient (Wildman–Crippen LogP) is 2.29. The maximum atomic E-state index is 13.0. The number of halogens is 1. The van der Waals surface area contributed by atoms with Crippen LogP contribution in [0.1, 0.15) is 5.56 Å². The van der Waals surface area contributed by atoms with E-state index >= 15 is 0 Å². The van der Waals surface area contributed by atoms with Crippen molar-refractivity contribution in [3.8, 4) is 6.07 Å². The van der Waals surface area contributed by atoms with Crippen molar-refractivity contribution in [3.05, 3.63) is 35.6 Å². The molecule has 1 N–H and O–H groups in total. The standard InChI is InChI=1S/C11H8FN3/c1-14-11-4-7(6-13)9-3-2-8(12)5-10(9)15-11/h2-5H,1H3,(H,14,15). The number of hydrogen-bond acceptors (Lipinski definition) is 3. The Bertz CT molecular complexity index is 557. The average Bonchev–Trinajstić information content (AvgIpc) is 2.26. The summed E-state index contributed by atoms with van der Waals surface area (Å²) in [5.41, 5.74) is 0.975. The molecule has 0 unspecified atom stereocenters. The molecule has 0 spiro atoms. The highest BCUT2D eigenvalue weighted by Gasteiger charge is 2.05. The van der Waals surface area contributed by atoms with Crippen LogP contribution in [0.5, 0.6) is 0 Å². The van der Waals surface area contributed by atoms with Crippen molar-refractivity contribution in [1.82, 2.24) is 4.98 Å². The minimum atomic E-state index is -0.354. The van der Waals surface area contributed by atoms with Gasteiger partial charge in [0.05, 0.1) is 17.1 Å². The summed E-state index contributed by atoms with van der Waals surface area (Å²) in [6.07, 6.45) is 0. The first-order chi connectivity index (χ1) is 7.24. The maximum Gasteiger partial charge on any atom is 0.127 e. The summed E-state index contributed by atoms with van der Waals surface area (Å²) in [6.45, 7) is 0. The minimum Gasteiger partial charge on any atom is -0.373 e. The van der Waals surface area contributed by atoms with Crippen LogP contribution in [0.3, 0.4) is 0 Å². The molecule has 74 valence electrons. The molecule has 0 aliphatic heterocycles. The van der Waals surface area contributed by atoms with Crippen LogP contribution in [0.2, 0.25) is 0 Å². The molecular weight excluding hydrogens is 193 g/mol. The molecule has 15 heavy (non-hydrogen) atoms. The monoisotopic (exact) mass is 201 g/mol. The van der Waals surface area contributed by atoms with Gasteiger partial charge in [0.15, 0.2) is 0 Å². The lowest BCUT2D eigenvalue weighted by molar-refractivity contribution is 0.629. The lowest BCUT2D eigenvalue weighted by atomic mass is 10.1. The summed E-state index contributed by atoms with van der Waals surface area (Å²) in [5.74, 6) is 0.205. The topological polar surface area (TPSA) is 48.7 Å². The molecule has 0 amide bonds. The highest BCUT2D eigenvalue weighted by atomic mass is 19.1. The predicted molar refractivity (Wildman–Crippen MR) is 56.0 cm³/mol. The highest BCUT2D eigenvalue weighted by molar-refractivity contribution is 5.86. The van der Waals surface area contributed by atoms with Gasteiger partial charge in [0.25, 0.3) is 0 Å². The van der Waals surface area contributed by atoms with Gasteiger partial charge in [-0.3, -0.25) is 0 Å². The van der Waals surface area contributed by atoms with Gasteiger partial charge in [-0.15, -0.1) is 0 Å². The molecule has 1 aromatic heterocycles.